The van der Waals surface area contributed by atoms with Crippen molar-refractivity contribution >= 4 is 23.7 Å². The molecule has 1 heterocycles. The van der Waals surface area contributed by atoms with Crippen molar-refractivity contribution < 1.29 is 14.1 Å². The molecule has 0 aliphatic carbocycles. The first kappa shape index (κ1) is 20.8. The zero-order valence-electron chi connectivity index (χ0n) is 16.6. The molecule has 2 aromatic carbocycles. The lowest BCUT2D eigenvalue weighted by molar-refractivity contribution is -0.613. The van der Waals surface area contributed by atoms with Crippen LogP contribution in [0.25, 0.3) is 0 Å². The van der Waals surface area contributed by atoms with E-state index in [0.29, 0.717) is 28.4 Å². The zero-order chi connectivity index (χ0) is 20.9. The Hall–Kier alpha value is -2.91. The number of rotatable bonds is 7. The molecule has 0 fully saturated rings. The molecular weight excluding hydrogens is 383 g/mol. The van der Waals surface area contributed by atoms with Crippen LogP contribution in [0.4, 0.5) is 0 Å². The molecule has 0 unspecified atom stereocenters. The van der Waals surface area contributed by atoms with Gasteiger partial charge in [0.05, 0.1) is 0 Å². The SMILES string of the molecule is CCN(CC)C(=O)[C@H](c1cccc[n+]1[O-])P(=O)(c1ccccc1)c1ccccc1. The molecule has 1 amide bonds. The molecule has 0 aliphatic heterocycles. The molecular formula is C23H25N2O3P. The average Bonchev–Trinajstić information content (AvgIpc) is 2.77. The number of likely N-dealkylation sites (N-methyl/N-ethyl adjacent to an activating group) is 1. The van der Waals surface area contributed by atoms with Crippen molar-refractivity contribution in [2.75, 3.05) is 13.1 Å². The van der Waals surface area contributed by atoms with Crippen molar-refractivity contribution in [2.45, 2.75) is 19.5 Å². The number of hydrogen-bond acceptors (Lipinski definition) is 3. The van der Waals surface area contributed by atoms with Crippen LogP contribution in [0.5, 0.6) is 0 Å². The van der Waals surface area contributed by atoms with Crippen molar-refractivity contribution in [3.63, 3.8) is 0 Å². The number of carbonyl (C=O) groups is 1. The van der Waals surface area contributed by atoms with E-state index in [1.54, 1.807) is 71.6 Å². The fourth-order valence-corrected chi connectivity index (χ4v) is 6.75. The third-order valence-electron chi connectivity index (χ3n) is 5.09. The summed E-state index contributed by atoms with van der Waals surface area (Å²) in [6.45, 7) is 4.71. The standard InChI is InChI=1S/C23H25N2O3P/c1-3-24(4-2)23(26)22(21-17-11-12-18-25(21)27)29(28,19-13-7-5-8-14-19)20-15-9-6-10-16-20/h5-18,22H,3-4H2,1-2H3/t22-/m0/s1. The van der Waals surface area contributed by atoms with Gasteiger partial charge in [0, 0.05) is 35.8 Å². The van der Waals surface area contributed by atoms with E-state index in [1.807, 2.05) is 26.0 Å². The first-order chi connectivity index (χ1) is 14.0. The highest BCUT2D eigenvalue weighted by atomic mass is 31.2. The lowest BCUT2D eigenvalue weighted by Gasteiger charge is -2.30. The van der Waals surface area contributed by atoms with Gasteiger partial charge in [-0.2, -0.15) is 4.73 Å². The van der Waals surface area contributed by atoms with E-state index >= 15 is 0 Å². The first-order valence-electron chi connectivity index (χ1n) is 9.71. The monoisotopic (exact) mass is 408 g/mol. The normalized spacial score (nSPS) is 12.3. The molecule has 3 rings (SSSR count). The summed E-state index contributed by atoms with van der Waals surface area (Å²) >= 11 is 0. The van der Waals surface area contributed by atoms with Crippen molar-refractivity contribution in [3.05, 3.63) is 96.0 Å². The fraction of sp³-hybridized carbons (Fsp3) is 0.217. The lowest BCUT2D eigenvalue weighted by Crippen LogP contribution is -2.43. The summed E-state index contributed by atoms with van der Waals surface area (Å²) in [5.74, 6) is -0.304. The minimum Gasteiger partial charge on any atom is -0.618 e. The fourth-order valence-electron chi connectivity index (χ4n) is 3.58. The molecule has 0 aliphatic rings. The van der Waals surface area contributed by atoms with Gasteiger partial charge in [-0.05, 0) is 19.9 Å². The molecule has 0 saturated carbocycles. The largest absolute Gasteiger partial charge is 0.618 e. The van der Waals surface area contributed by atoms with Crippen molar-refractivity contribution in [1.29, 1.82) is 0 Å². The third kappa shape index (κ3) is 3.96. The Kier molecular flexibility index (Phi) is 6.50. The predicted molar refractivity (Wildman–Crippen MR) is 116 cm³/mol. The number of pyridine rings is 1. The number of carbonyl (C=O) groups excluding carboxylic acids is 1. The highest BCUT2D eigenvalue weighted by molar-refractivity contribution is 7.79. The summed E-state index contributed by atoms with van der Waals surface area (Å²) in [6, 6.07) is 22.9. The second-order valence-electron chi connectivity index (χ2n) is 6.69. The first-order valence-corrected chi connectivity index (χ1v) is 11.5. The Morgan fingerprint density at radius 1 is 0.897 bits per heavy atom. The molecule has 150 valence electrons. The van der Waals surface area contributed by atoms with Gasteiger partial charge in [0.1, 0.15) is 0 Å². The van der Waals surface area contributed by atoms with E-state index < -0.39 is 12.8 Å². The van der Waals surface area contributed by atoms with Crippen molar-refractivity contribution in [2.24, 2.45) is 0 Å². The summed E-state index contributed by atoms with van der Waals surface area (Å²) < 4.78 is 15.5. The summed E-state index contributed by atoms with van der Waals surface area (Å²) in [5.41, 5.74) is -0.911. The number of amides is 1. The van der Waals surface area contributed by atoms with E-state index in [2.05, 4.69) is 0 Å². The Morgan fingerprint density at radius 2 is 1.38 bits per heavy atom. The van der Waals surface area contributed by atoms with Crippen LogP contribution in [0.3, 0.4) is 0 Å². The quantitative estimate of drug-likeness (QED) is 0.343. The van der Waals surface area contributed by atoms with Gasteiger partial charge in [-0.3, -0.25) is 4.79 Å². The second kappa shape index (κ2) is 9.06. The lowest BCUT2D eigenvalue weighted by atomic mass is 10.2. The van der Waals surface area contributed by atoms with Crippen LogP contribution < -0.4 is 15.3 Å². The molecule has 0 spiro atoms. The second-order valence-corrected chi connectivity index (χ2v) is 9.56. The Morgan fingerprint density at radius 3 is 1.83 bits per heavy atom. The smallest absolute Gasteiger partial charge is 0.244 e. The van der Waals surface area contributed by atoms with E-state index in [9.17, 15) is 14.6 Å². The summed E-state index contributed by atoms with van der Waals surface area (Å²) in [4.78, 5) is 15.3. The highest BCUT2D eigenvalue weighted by Crippen LogP contribution is 2.57. The molecule has 0 N–H and O–H groups in total. The molecule has 0 bridgehead atoms. The van der Waals surface area contributed by atoms with Gasteiger partial charge in [-0.25, -0.2) is 0 Å². The topological polar surface area (TPSA) is 64.3 Å². The van der Waals surface area contributed by atoms with E-state index in [-0.39, 0.29) is 11.6 Å². The van der Waals surface area contributed by atoms with Crippen LogP contribution in [-0.2, 0) is 9.36 Å². The predicted octanol–water partition coefficient (Wildman–Crippen LogP) is 3.24. The van der Waals surface area contributed by atoms with Crippen molar-refractivity contribution in [3.8, 4) is 0 Å². The minimum atomic E-state index is -3.53. The van der Waals surface area contributed by atoms with Gasteiger partial charge in [0.2, 0.25) is 11.6 Å². The number of aromatic nitrogens is 1. The Bertz CT molecular complexity index is 961. The average molecular weight is 408 g/mol. The van der Waals surface area contributed by atoms with Crippen LogP contribution >= 0.6 is 7.14 Å². The summed E-state index contributed by atoms with van der Waals surface area (Å²) in [6.07, 6.45) is 1.35. The Balaban J connectivity index is 2.34. The van der Waals surface area contributed by atoms with E-state index in [1.165, 1.54) is 6.20 Å². The molecule has 5 nitrogen and oxygen atoms in total. The zero-order valence-corrected chi connectivity index (χ0v) is 17.5. The van der Waals surface area contributed by atoms with Crippen LogP contribution in [0, 0.1) is 5.21 Å². The van der Waals surface area contributed by atoms with E-state index in [0.717, 1.165) is 0 Å². The minimum absolute atomic E-state index is 0.195. The van der Waals surface area contributed by atoms with Gasteiger partial charge < -0.3 is 14.7 Å². The number of benzene rings is 2. The number of hydrogen-bond donors (Lipinski definition) is 0. The van der Waals surface area contributed by atoms with Gasteiger partial charge in [-0.15, -0.1) is 0 Å². The maximum Gasteiger partial charge on any atom is 0.244 e. The summed E-state index contributed by atoms with van der Waals surface area (Å²) in [7, 11) is -3.53. The molecule has 29 heavy (non-hydrogen) atoms. The molecule has 6 heteroatoms. The van der Waals surface area contributed by atoms with Crippen LogP contribution in [0.2, 0.25) is 0 Å². The maximum absolute atomic E-state index is 14.8. The molecule has 1 atom stereocenters. The van der Waals surface area contributed by atoms with Gasteiger partial charge in [-0.1, -0.05) is 60.7 Å². The molecule has 1 aromatic heterocycles. The third-order valence-corrected chi connectivity index (χ3v) is 8.43. The van der Waals surface area contributed by atoms with Gasteiger partial charge in [0.25, 0.3) is 0 Å². The van der Waals surface area contributed by atoms with E-state index in [4.69, 9.17) is 0 Å². The Labute approximate surface area is 171 Å². The van der Waals surface area contributed by atoms with Crippen molar-refractivity contribution in [1.82, 2.24) is 4.90 Å². The van der Waals surface area contributed by atoms with Gasteiger partial charge in [0.15, 0.2) is 19.0 Å². The summed E-state index contributed by atoms with van der Waals surface area (Å²) in [5, 5.41) is 13.8. The molecule has 0 saturated heterocycles. The van der Waals surface area contributed by atoms with Crippen LogP contribution in [-0.4, -0.2) is 23.9 Å². The highest BCUT2D eigenvalue weighted by Gasteiger charge is 2.47. The maximum atomic E-state index is 14.8. The van der Waals surface area contributed by atoms with Crippen LogP contribution in [0.1, 0.15) is 25.2 Å². The number of nitrogens with zero attached hydrogens (tertiary/aromatic N) is 2. The molecule has 3 aromatic rings. The van der Waals surface area contributed by atoms with Crippen LogP contribution in [0.15, 0.2) is 85.1 Å². The molecule has 0 radical (unpaired) electrons. The van der Waals surface area contributed by atoms with Gasteiger partial charge >= 0.3 is 0 Å².